The van der Waals surface area contributed by atoms with Crippen molar-refractivity contribution < 1.29 is 4.79 Å². The smallest absolute Gasteiger partial charge is 0.249 e. The number of anilines is 1. The van der Waals surface area contributed by atoms with Gasteiger partial charge in [0.05, 0.1) is 4.47 Å². The van der Waals surface area contributed by atoms with Crippen molar-refractivity contribution in [2.24, 2.45) is 0 Å². The molecule has 0 saturated carbocycles. The second-order valence-electron chi connectivity index (χ2n) is 2.71. The number of pyridine rings is 1. The van der Waals surface area contributed by atoms with Crippen LogP contribution in [0.3, 0.4) is 0 Å². The van der Waals surface area contributed by atoms with E-state index in [0.717, 1.165) is 4.47 Å². The summed E-state index contributed by atoms with van der Waals surface area (Å²) < 4.78 is 0.762. The van der Waals surface area contributed by atoms with Gasteiger partial charge in [-0.15, -0.1) is 0 Å². The zero-order valence-corrected chi connectivity index (χ0v) is 9.86. The quantitative estimate of drug-likeness (QED) is 0.675. The molecule has 0 saturated heterocycles. The van der Waals surface area contributed by atoms with Gasteiger partial charge in [0.1, 0.15) is 5.82 Å². The van der Waals surface area contributed by atoms with E-state index in [9.17, 15) is 4.79 Å². The molecule has 1 aromatic heterocycles. The van der Waals surface area contributed by atoms with Crippen LogP contribution in [0.15, 0.2) is 47.1 Å². The maximum Gasteiger partial charge on any atom is 0.249 e. The van der Waals surface area contributed by atoms with Crippen molar-refractivity contribution in [1.82, 2.24) is 4.98 Å². The summed E-state index contributed by atoms with van der Waals surface area (Å²) in [5.41, 5.74) is 0. The third-order valence-corrected chi connectivity index (χ3v) is 2.19. The lowest BCUT2D eigenvalue weighted by Gasteiger charge is -2.02. The highest BCUT2D eigenvalue weighted by Gasteiger charge is 2.01. The largest absolute Gasteiger partial charge is 0.306 e. The predicted molar refractivity (Wildman–Crippen MR) is 64.5 cm³/mol. The number of allylic oxidation sites excluding steroid dienone is 3. The van der Waals surface area contributed by atoms with Crippen molar-refractivity contribution >= 4 is 27.7 Å². The molecule has 0 aliphatic heterocycles. The minimum atomic E-state index is -0.201. The van der Waals surface area contributed by atoms with Crippen molar-refractivity contribution in [2.75, 3.05) is 5.32 Å². The highest BCUT2D eigenvalue weighted by atomic mass is 79.9. The third kappa shape index (κ3) is 4.08. The normalized spacial score (nSPS) is 11.1. The van der Waals surface area contributed by atoms with Crippen LogP contribution in [-0.4, -0.2) is 10.9 Å². The van der Waals surface area contributed by atoms with E-state index >= 15 is 0 Å². The number of hydrogen-bond donors (Lipinski definition) is 1. The Morgan fingerprint density at radius 2 is 2.33 bits per heavy atom. The van der Waals surface area contributed by atoms with Gasteiger partial charge >= 0.3 is 0 Å². The summed E-state index contributed by atoms with van der Waals surface area (Å²) >= 11 is 3.29. The molecule has 0 bridgehead atoms. The van der Waals surface area contributed by atoms with E-state index in [-0.39, 0.29) is 5.91 Å². The first kappa shape index (κ1) is 11.7. The van der Waals surface area contributed by atoms with Gasteiger partial charge in [0.15, 0.2) is 0 Å². The second kappa shape index (κ2) is 6.14. The number of aromatic nitrogens is 1. The maximum absolute atomic E-state index is 11.3. The first-order valence-electron chi connectivity index (χ1n) is 4.45. The van der Waals surface area contributed by atoms with Gasteiger partial charge in [0.2, 0.25) is 5.91 Å². The molecule has 1 aromatic rings. The fourth-order valence-corrected chi connectivity index (χ4v) is 1.24. The summed E-state index contributed by atoms with van der Waals surface area (Å²) in [6, 6.07) is 3.60. The molecule has 4 heteroatoms. The summed E-state index contributed by atoms with van der Waals surface area (Å²) in [7, 11) is 0. The molecule has 0 aliphatic carbocycles. The Balaban J connectivity index is 2.63. The van der Waals surface area contributed by atoms with E-state index < -0.39 is 0 Å². The van der Waals surface area contributed by atoms with Crippen LogP contribution in [0.5, 0.6) is 0 Å². The summed E-state index contributed by atoms with van der Waals surface area (Å²) in [6.45, 7) is 1.89. The summed E-state index contributed by atoms with van der Waals surface area (Å²) in [6.07, 6.45) is 8.37. The number of rotatable bonds is 3. The first-order valence-corrected chi connectivity index (χ1v) is 5.24. The fraction of sp³-hybridized carbons (Fsp3) is 0.0909. The van der Waals surface area contributed by atoms with Crippen LogP contribution in [0.1, 0.15) is 6.92 Å². The van der Waals surface area contributed by atoms with E-state index in [2.05, 4.69) is 26.2 Å². The molecule has 3 nitrogen and oxygen atoms in total. The molecule has 1 rings (SSSR count). The van der Waals surface area contributed by atoms with Crippen LogP contribution in [0.2, 0.25) is 0 Å². The van der Waals surface area contributed by atoms with Crippen LogP contribution in [0.25, 0.3) is 0 Å². The van der Waals surface area contributed by atoms with Crippen molar-refractivity contribution in [3.05, 3.63) is 47.1 Å². The molecule has 0 fully saturated rings. The van der Waals surface area contributed by atoms with Crippen LogP contribution in [0, 0.1) is 0 Å². The van der Waals surface area contributed by atoms with Gasteiger partial charge in [-0.25, -0.2) is 4.98 Å². The molecule has 78 valence electrons. The number of nitrogens with one attached hydrogen (secondary N) is 1. The summed E-state index contributed by atoms with van der Waals surface area (Å²) in [5.74, 6) is 0.320. The average Bonchev–Trinajstić information content (AvgIpc) is 2.22. The molecule has 0 spiro atoms. The monoisotopic (exact) mass is 266 g/mol. The van der Waals surface area contributed by atoms with Gasteiger partial charge in [-0.05, 0) is 35.0 Å². The van der Waals surface area contributed by atoms with Gasteiger partial charge in [-0.1, -0.05) is 18.2 Å². The molecular formula is C11H11BrN2O. The first-order chi connectivity index (χ1) is 7.24. The Kier molecular flexibility index (Phi) is 4.77. The highest BCUT2D eigenvalue weighted by Crippen LogP contribution is 2.17. The average molecular weight is 267 g/mol. The second-order valence-corrected chi connectivity index (χ2v) is 3.56. The number of nitrogens with zero attached hydrogens (tertiary/aromatic N) is 1. The number of carbonyl (C=O) groups excluding carboxylic acids is 1. The summed E-state index contributed by atoms with van der Waals surface area (Å²) in [5, 5.41) is 2.65. The third-order valence-electron chi connectivity index (χ3n) is 1.55. The Morgan fingerprint density at radius 1 is 1.53 bits per heavy atom. The maximum atomic E-state index is 11.3. The van der Waals surface area contributed by atoms with Crippen molar-refractivity contribution in [2.45, 2.75) is 6.92 Å². The highest BCUT2D eigenvalue weighted by molar-refractivity contribution is 9.10. The lowest BCUT2D eigenvalue weighted by atomic mass is 10.4. The van der Waals surface area contributed by atoms with E-state index in [4.69, 9.17) is 0 Å². The molecular weight excluding hydrogens is 256 g/mol. The Bertz CT molecular complexity index is 399. The van der Waals surface area contributed by atoms with Gasteiger partial charge in [0, 0.05) is 12.3 Å². The van der Waals surface area contributed by atoms with Crippen molar-refractivity contribution in [1.29, 1.82) is 0 Å². The van der Waals surface area contributed by atoms with Gasteiger partial charge in [-0.3, -0.25) is 4.79 Å². The van der Waals surface area contributed by atoms with E-state index in [1.165, 1.54) is 6.08 Å². The molecule has 1 amide bonds. The molecule has 1 N–H and O–H groups in total. The zero-order valence-electron chi connectivity index (χ0n) is 8.27. The lowest BCUT2D eigenvalue weighted by Crippen LogP contribution is -2.09. The Labute approximate surface area is 97.0 Å². The topological polar surface area (TPSA) is 42.0 Å². The molecule has 0 aliphatic rings. The summed E-state index contributed by atoms with van der Waals surface area (Å²) in [4.78, 5) is 15.4. The van der Waals surface area contributed by atoms with Crippen molar-refractivity contribution in [3.8, 4) is 0 Å². The number of carbonyl (C=O) groups is 1. The van der Waals surface area contributed by atoms with E-state index in [0.29, 0.717) is 5.82 Å². The van der Waals surface area contributed by atoms with Crippen LogP contribution in [0.4, 0.5) is 5.82 Å². The van der Waals surface area contributed by atoms with Crippen LogP contribution in [-0.2, 0) is 4.79 Å². The van der Waals surface area contributed by atoms with Gasteiger partial charge in [0.25, 0.3) is 0 Å². The van der Waals surface area contributed by atoms with Gasteiger partial charge < -0.3 is 5.32 Å². The Morgan fingerprint density at radius 3 is 3.00 bits per heavy atom. The number of hydrogen-bond acceptors (Lipinski definition) is 2. The SMILES string of the molecule is C/C=C/C=C/C(=O)Nc1ncccc1Br. The minimum absolute atomic E-state index is 0.201. The van der Waals surface area contributed by atoms with Crippen LogP contribution >= 0.6 is 15.9 Å². The van der Waals surface area contributed by atoms with Crippen LogP contribution < -0.4 is 5.32 Å². The zero-order chi connectivity index (χ0) is 11.1. The molecule has 1 heterocycles. The van der Waals surface area contributed by atoms with E-state index in [1.807, 2.05) is 19.1 Å². The number of halogens is 1. The van der Waals surface area contributed by atoms with Crippen molar-refractivity contribution in [3.63, 3.8) is 0 Å². The molecule has 0 unspecified atom stereocenters. The van der Waals surface area contributed by atoms with E-state index in [1.54, 1.807) is 24.4 Å². The fourth-order valence-electron chi connectivity index (χ4n) is 0.890. The molecule has 0 atom stereocenters. The molecule has 0 radical (unpaired) electrons. The molecule has 0 aromatic carbocycles. The molecule has 15 heavy (non-hydrogen) atoms. The van der Waals surface area contributed by atoms with Gasteiger partial charge in [-0.2, -0.15) is 0 Å². The lowest BCUT2D eigenvalue weighted by molar-refractivity contribution is -0.111. The minimum Gasteiger partial charge on any atom is -0.306 e. The number of amides is 1. The predicted octanol–water partition coefficient (Wildman–Crippen LogP) is 2.91. The Hall–Kier alpha value is -1.42. The standard InChI is InChI=1S/C11H11BrN2O/c1-2-3-4-7-10(15)14-11-9(12)6-5-8-13-11/h2-8H,1H3,(H,13,14,15)/b3-2+,7-4+.